The van der Waals surface area contributed by atoms with E-state index < -0.39 is 53.2 Å². The van der Waals surface area contributed by atoms with E-state index in [1.54, 1.807) is 33.0 Å². The summed E-state index contributed by atoms with van der Waals surface area (Å²) in [6.07, 6.45) is 7.69. The molecule has 3 aromatic rings. The lowest BCUT2D eigenvalue weighted by molar-refractivity contribution is -0.145. The number of carboxylic acid groups (broad SMARTS) is 1. The van der Waals surface area contributed by atoms with E-state index in [2.05, 4.69) is 20.6 Å². The summed E-state index contributed by atoms with van der Waals surface area (Å²) in [6, 6.07) is 5.34. The molecule has 13 nitrogen and oxygen atoms in total. The molecule has 2 aliphatic heterocycles. The van der Waals surface area contributed by atoms with Gasteiger partial charge in [-0.2, -0.15) is 4.98 Å². The van der Waals surface area contributed by atoms with E-state index in [1.807, 2.05) is 35.7 Å². The third kappa shape index (κ3) is 7.28. The van der Waals surface area contributed by atoms with Gasteiger partial charge in [0.25, 0.3) is 0 Å². The van der Waals surface area contributed by atoms with E-state index in [0.717, 1.165) is 24.1 Å². The van der Waals surface area contributed by atoms with Gasteiger partial charge in [0.15, 0.2) is 5.65 Å². The van der Waals surface area contributed by atoms with Crippen molar-refractivity contribution in [2.45, 2.75) is 95.0 Å². The Morgan fingerprint density at radius 1 is 1.15 bits per heavy atom. The quantitative estimate of drug-likeness (QED) is 0.327. The number of nitrogens with zero attached hydrogens (tertiary/aromatic N) is 4. The Labute approximate surface area is 282 Å². The zero-order valence-corrected chi connectivity index (χ0v) is 28.0. The molecule has 6 rings (SSSR count). The van der Waals surface area contributed by atoms with Crippen molar-refractivity contribution in [1.29, 1.82) is 0 Å². The number of hydrogen-bond donors (Lipinski definition) is 3. The van der Waals surface area contributed by atoms with Gasteiger partial charge in [-0.1, -0.05) is 31.1 Å². The summed E-state index contributed by atoms with van der Waals surface area (Å²) in [6.45, 7) is 5.21. The summed E-state index contributed by atoms with van der Waals surface area (Å²) in [5.74, 6) is -2.33. The fraction of sp³-hybridized carbons (Fsp3) is 0.500. The molecule has 5 atom stereocenters. The van der Waals surface area contributed by atoms with Crippen molar-refractivity contribution in [1.82, 2.24) is 30.5 Å². The largest absolute Gasteiger partial charge is 0.479 e. The predicted molar refractivity (Wildman–Crippen MR) is 177 cm³/mol. The van der Waals surface area contributed by atoms with E-state index in [4.69, 9.17) is 14.5 Å². The summed E-state index contributed by atoms with van der Waals surface area (Å²) in [7, 11) is 0. The number of alkyl carbamates (subject to hydrolysis) is 1. The summed E-state index contributed by atoms with van der Waals surface area (Å²) in [5.41, 5.74) is -0.752. The SMILES string of the molecule is CC(C)(C)OC(=O)N[C@@H]1CCCCC/C=C\C2CC2(C(=O)O)NC(=O)C2C[C@@H](Oc3nc4ncccc4nc3-c3cccs3)CN2C1=O. The van der Waals surface area contributed by atoms with Crippen LogP contribution in [0.2, 0.25) is 0 Å². The van der Waals surface area contributed by atoms with Crippen molar-refractivity contribution in [3.05, 3.63) is 48.0 Å². The first-order chi connectivity index (χ1) is 22.9. The van der Waals surface area contributed by atoms with Gasteiger partial charge in [-0.25, -0.2) is 19.6 Å². The van der Waals surface area contributed by atoms with Crippen molar-refractivity contribution in [3.63, 3.8) is 0 Å². The second kappa shape index (κ2) is 13.5. The summed E-state index contributed by atoms with van der Waals surface area (Å²) >= 11 is 1.47. The zero-order valence-electron chi connectivity index (χ0n) is 27.2. The third-order valence-corrected chi connectivity index (χ3v) is 9.63. The highest BCUT2D eigenvalue weighted by atomic mass is 32.1. The van der Waals surface area contributed by atoms with Crippen molar-refractivity contribution in [3.8, 4) is 16.5 Å². The second-order valence-electron chi connectivity index (χ2n) is 13.5. The molecule has 14 heteroatoms. The lowest BCUT2D eigenvalue weighted by atomic mass is 10.0. The number of rotatable bonds is 5. The lowest BCUT2D eigenvalue weighted by Gasteiger charge is -2.30. The van der Waals surface area contributed by atoms with Crippen LogP contribution in [0.4, 0.5) is 4.79 Å². The Morgan fingerprint density at radius 2 is 1.98 bits per heavy atom. The molecule has 3 amide bonds. The molecule has 5 heterocycles. The van der Waals surface area contributed by atoms with Gasteiger partial charge >= 0.3 is 12.1 Å². The Kier molecular flexibility index (Phi) is 9.37. The normalized spacial score (nSPS) is 27.1. The number of pyridine rings is 1. The van der Waals surface area contributed by atoms with Crippen molar-refractivity contribution < 1.29 is 33.8 Å². The van der Waals surface area contributed by atoms with Gasteiger partial charge in [-0.05, 0) is 70.0 Å². The molecule has 254 valence electrons. The maximum Gasteiger partial charge on any atom is 0.408 e. The summed E-state index contributed by atoms with van der Waals surface area (Å²) in [4.78, 5) is 69.5. The van der Waals surface area contributed by atoms with Crippen molar-refractivity contribution >= 4 is 46.4 Å². The molecule has 0 aromatic carbocycles. The van der Waals surface area contributed by atoms with E-state index >= 15 is 0 Å². The molecule has 1 saturated heterocycles. The molecular formula is C34H40N6O7S. The van der Waals surface area contributed by atoms with Crippen molar-refractivity contribution in [2.24, 2.45) is 5.92 Å². The van der Waals surface area contributed by atoms with Gasteiger partial charge in [0.05, 0.1) is 11.4 Å². The number of amides is 3. The van der Waals surface area contributed by atoms with Crippen LogP contribution in [0.3, 0.4) is 0 Å². The van der Waals surface area contributed by atoms with Gasteiger partial charge in [-0.3, -0.25) is 9.59 Å². The maximum atomic E-state index is 14.3. The van der Waals surface area contributed by atoms with E-state index in [0.29, 0.717) is 29.7 Å². The van der Waals surface area contributed by atoms with Crippen LogP contribution in [0.15, 0.2) is 48.0 Å². The Morgan fingerprint density at radius 3 is 2.73 bits per heavy atom. The molecule has 1 saturated carbocycles. The highest BCUT2D eigenvalue weighted by Crippen LogP contribution is 2.45. The number of ether oxygens (including phenoxy) is 2. The van der Waals surface area contributed by atoms with Crippen molar-refractivity contribution in [2.75, 3.05) is 6.54 Å². The molecule has 3 N–H and O–H groups in total. The van der Waals surface area contributed by atoms with Crippen LogP contribution < -0.4 is 15.4 Å². The second-order valence-corrected chi connectivity index (χ2v) is 14.5. The zero-order chi connectivity index (χ0) is 34.1. The number of allylic oxidation sites excluding steroid dienone is 1. The summed E-state index contributed by atoms with van der Waals surface area (Å²) < 4.78 is 11.9. The number of fused-ring (bicyclic) bond motifs is 3. The molecule has 1 aliphatic carbocycles. The van der Waals surface area contributed by atoms with Crippen LogP contribution in [-0.4, -0.2) is 84.7 Å². The molecular weight excluding hydrogens is 636 g/mol. The number of carbonyl (C=O) groups is 4. The average molecular weight is 677 g/mol. The third-order valence-electron chi connectivity index (χ3n) is 8.75. The van der Waals surface area contributed by atoms with Crippen LogP contribution in [0, 0.1) is 5.92 Å². The summed E-state index contributed by atoms with van der Waals surface area (Å²) in [5, 5.41) is 17.6. The fourth-order valence-electron chi connectivity index (χ4n) is 6.29. The minimum Gasteiger partial charge on any atom is -0.479 e. The highest BCUT2D eigenvalue weighted by molar-refractivity contribution is 7.13. The highest BCUT2D eigenvalue weighted by Gasteiger charge is 2.61. The molecule has 0 radical (unpaired) electrons. The van der Waals surface area contributed by atoms with Crippen LogP contribution in [0.5, 0.6) is 5.88 Å². The van der Waals surface area contributed by atoms with Crippen LogP contribution >= 0.6 is 11.3 Å². The molecule has 0 bridgehead atoms. The first-order valence-corrected chi connectivity index (χ1v) is 17.2. The Balaban J connectivity index is 1.32. The predicted octanol–water partition coefficient (Wildman–Crippen LogP) is 4.47. The molecule has 3 aromatic heterocycles. The number of carboxylic acids is 1. The number of nitrogens with one attached hydrogen (secondary N) is 2. The van der Waals surface area contributed by atoms with Crippen LogP contribution in [-0.2, 0) is 19.1 Å². The smallest absolute Gasteiger partial charge is 0.408 e. The number of aliphatic carboxylic acids is 1. The first kappa shape index (κ1) is 33.3. The lowest BCUT2D eigenvalue weighted by Crippen LogP contribution is -2.56. The average Bonchev–Trinajstić information content (AvgIpc) is 3.34. The van der Waals surface area contributed by atoms with E-state index in [1.165, 1.54) is 16.2 Å². The van der Waals surface area contributed by atoms with Gasteiger partial charge in [0.1, 0.15) is 40.5 Å². The van der Waals surface area contributed by atoms with Gasteiger partial charge in [0, 0.05) is 18.5 Å². The maximum absolute atomic E-state index is 14.3. The fourth-order valence-corrected chi connectivity index (χ4v) is 7.00. The topological polar surface area (TPSA) is 173 Å². The van der Waals surface area contributed by atoms with Gasteiger partial charge in [-0.15, -0.1) is 11.3 Å². The first-order valence-electron chi connectivity index (χ1n) is 16.3. The van der Waals surface area contributed by atoms with Crippen LogP contribution in [0.25, 0.3) is 21.7 Å². The monoisotopic (exact) mass is 676 g/mol. The van der Waals surface area contributed by atoms with E-state index in [-0.39, 0.29) is 31.2 Å². The number of hydrogen-bond acceptors (Lipinski definition) is 10. The minimum absolute atomic E-state index is 0.00135. The minimum atomic E-state index is -1.45. The van der Waals surface area contributed by atoms with Gasteiger partial charge in [0.2, 0.25) is 17.7 Å². The standard InChI is InChI=1S/C34H40N6O7S/c1-33(2,3)47-32(45)37-23-12-8-6-4-5-7-11-20-18-34(20,31(43)44)39-28(41)24-17-21(19-40(24)30(23)42)46-29-26(25-14-10-16-48-25)36-22-13-9-15-35-27(22)38-29/h7,9-11,13-16,20-21,23-24H,4-6,8,12,17-19H2,1-3H3,(H,37,45)(H,39,41)(H,43,44)/b11-7-/t20?,21-,23-,24?,34?/m1/s1. The van der Waals surface area contributed by atoms with Gasteiger partial charge < -0.3 is 30.1 Å². The molecule has 3 unspecified atom stereocenters. The molecule has 0 spiro atoms. The van der Waals surface area contributed by atoms with E-state index in [9.17, 15) is 24.3 Å². The molecule has 2 fully saturated rings. The van der Waals surface area contributed by atoms with Crippen LogP contribution in [0.1, 0.15) is 65.7 Å². The number of thiophene rings is 1. The number of aromatic nitrogens is 3. The molecule has 48 heavy (non-hydrogen) atoms. The number of carbonyl (C=O) groups excluding carboxylic acids is 3. The Hall–Kier alpha value is -4.59. The molecule has 3 aliphatic rings. The Bertz CT molecular complexity index is 1720.